The highest BCUT2D eigenvalue weighted by molar-refractivity contribution is 8.01. The van der Waals surface area contributed by atoms with Gasteiger partial charge in [0.15, 0.2) is 0 Å². The number of thioether (sulfide) groups is 1. The maximum absolute atomic E-state index is 13.2. The van der Waals surface area contributed by atoms with Crippen LogP contribution in [0.5, 0.6) is 0 Å². The molecule has 4 aliphatic carbocycles. The van der Waals surface area contributed by atoms with Crippen LogP contribution in [0.1, 0.15) is 90.2 Å². The number of hydrogen-bond donors (Lipinski definition) is 2. The Balaban J connectivity index is 0.915. The summed E-state index contributed by atoms with van der Waals surface area (Å²) in [5, 5.41) is 12.0. The van der Waals surface area contributed by atoms with Crippen LogP contribution in [-0.2, 0) is 36.8 Å². The summed E-state index contributed by atoms with van der Waals surface area (Å²) < 4.78 is 5.61. The van der Waals surface area contributed by atoms with Gasteiger partial charge in [-0.2, -0.15) is 0 Å². The number of hydrogen-bond acceptors (Lipinski definition) is 6. The van der Waals surface area contributed by atoms with E-state index < -0.39 is 22.8 Å². The van der Waals surface area contributed by atoms with Gasteiger partial charge in [0.25, 0.3) is 0 Å². The van der Waals surface area contributed by atoms with Crippen LogP contribution in [0.2, 0.25) is 0 Å². The van der Waals surface area contributed by atoms with Gasteiger partial charge in [-0.25, -0.2) is 4.79 Å². The van der Waals surface area contributed by atoms with Crippen LogP contribution in [-0.4, -0.2) is 62.1 Å². The van der Waals surface area contributed by atoms with Crippen molar-refractivity contribution in [2.75, 3.05) is 0 Å². The van der Waals surface area contributed by atoms with Gasteiger partial charge in [0.1, 0.15) is 23.6 Å². The highest BCUT2D eigenvalue weighted by atomic mass is 32.2. The Morgan fingerprint density at radius 2 is 1.68 bits per heavy atom. The van der Waals surface area contributed by atoms with Crippen LogP contribution in [0, 0.1) is 28.6 Å². The number of nitrogens with one attached hydrogen (secondary N) is 1. The van der Waals surface area contributed by atoms with E-state index in [1.54, 1.807) is 5.57 Å². The first kappa shape index (κ1) is 32.5. The number of esters is 1. The quantitative estimate of drug-likeness (QED) is 0.279. The molecule has 9 unspecified atom stereocenters. The van der Waals surface area contributed by atoms with Crippen molar-refractivity contribution in [1.82, 2.24) is 10.2 Å². The molecule has 0 aromatic heterocycles. The Morgan fingerprint density at radius 1 is 0.979 bits per heavy atom. The number of rotatable bonds is 7. The van der Waals surface area contributed by atoms with Gasteiger partial charge in [-0.05, 0) is 99.5 Å². The van der Waals surface area contributed by atoms with Crippen LogP contribution >= 0.6 is 11.8 Å². The van der Waals surface area contributed by atoms with Crippen molar-refractivity contribution < 1.29 is 29.0 Å². The van der Waals surface area contributed by atoms with Gasteiger partial charge in [-0.15, -0.1) is 11.8 Å². The first-order chi connectivity index (χ1) is 22.2. The molecule has 6 aliphatic rings. The Hall–Kier alpha value is -3.07. The molecule has 0 radical (unpaired) electrons. The number of fused-ring (bicyclic) bond motifs is 6. The van der Waals surface area contributed by atoms with E-state index in [1.165, 1.54) is 47.9 Å². The maximum Gasteiger partial charge on any atom is 0.327 e. The fourth-order valence-electron chi connectivity index (χ4n) is 10.5. The number of allylic oxidation sites excluding steroid dienone is 3. The predicted molar refractivity (Wildman–Crippen MR) is 180 cm³/mol. The molecular weight excluding hydrogens is 612 g/mol. The first-order valence-corrected chi connectivity index (χ1v) is 18.3. The van der Waals surface area contributed by atoms with Crippen molar-refractivity contribution in [2.24, 2.45) is 28.6 Å². The van der Waals surface area contributed by atoms with Crippen molar-refractivity contribution in [3.63, 3.8) is 0 Å². The number of benzene rings is 1. The normalized spacial score (nSPS) is 38.3. The topological polar surface area (TPSA) is 113 Å². The van der Waals surface area contributed by atoms with Gasteiger partial charge in [0, 0.05) is 10.2 Å². The second-order valence-corrected chi connectivity index (χ2v) is 17.8. The summed E-state index contributed by atoms with van der Waals surface area (Å²) >= 11 is 1.41. The minimum atomic E-state index is -1.03. The third-order valence-electron chi connectivity index (χ3n) is 13.0. The van der Waals surface area contributed by atoms with Gasteiger partial charge in [-0.1, -0.05) is 61.9 Å². The standard InChI is InChI=1S/C38H48N2O6S/c1-21-14-16-37(4)24(18-21)10-11-25-26-12-13-28(38(26,5)17-15-27(25)37)46-30(42)20-23-8-6-22(7-9-23)19-29(41)39-31-33(43)40-32(35(44)45)36(2,3)47-34(31)40/h6-9,18,25-28,31-32,34H,1,10-17,19-20H2,2-5H3,(H,39,41)(H,44,45). The lowest BCUT2D eigenvalue weighted by Crippen LogP contribution is -2.70. The van der Waals surface area contributed by atoms with Crippen molar-refractivity contribution in [2.45, 2.75) is 120 Å². The fourth-order valence-corrected chi connectivity index (χ4v) is 12.1. The molecule has 2 N–H and O–H groups in total. The number of amides is 2. The molecule has 2 aliphatic heterocycles. The lowest BCUT2D eigenvalue weighted by atomic mass is 9.47. The average molecular weight is 661 g/mol. The largest absolute Gasteiger partial charge is 0.480 e. The summed E-state index contributed by atoms with van der Waals surface area (Å²) in [7, 11) is 0. The van der Waals surface area contributed by atoms with Crippen molar-refractivity contribution in [3.05, 3.63) is 59.2 Å². The molecule has 0 bridgehead atoms. The molecular formula is C38H48N2O6S. The third kappa shape index (κ3) is 5.35. The summed E-state index contributed by atoms with van der Waals surface area (Å²) in [6.45, 7) is 12.8. The zero-order valence-electron chi connectivity index (χ0n) is 28.1. The number of ether oxygens (including phenoxy) is 1. The van der Waals surface area contributed by atoms with E-state index in [9.17, 15) is 24.3 Å². The van der Waals surface area contributed by atoms with Crippen molar-refractivity contribution in [1.29, 1.82) is 0 Å². The minimum Gasteiger partial charge on any atom is -0.480 e. The van der Waals surface area contributed by atoms with E-state index in [1.807, 2.05) is 38.1 Å². The molecule has 8 nitrogen and oxygen atoms in total. The van der Waals surface area contributed by atoms with Gasteiger partial charge in [0.05, 0.1) is 12.8 Å². The molecule has 5 fully saturated rings. The molecule has 2 heterocycles. The molecule has 47 heavy (non-hydrogen) atoms. The summed E-state index contributed by atoms with van der Waals surface area (Å²) in [6, 6.07) is 5.78. The number of carboxylic acid groups (broad SMARTS) is 1. The molecule has 1 aromatic rings. The van der Waals surface area contributed by atoms with Crippen molar-refractivity contribution >= 4 is 35.5 Å². The third-order valence-corrected chi connectivity index (χ3v) is 14.6. The van der Waals surface area contributed by atoms with Crippen LogP contribution in [0.3, 0.4) is 0 Å². The Labute approximate surface area is 282 Å². The number of β-lactam (4-membered cyclic amide) rings is 1. The minimum absolute atomic E-state index is 0.0318. The fraction of sp³-hybridized carbons (Fsp3) is 0.632. The molecule has 0 spiro atoms. The van der Waals surface area contributed by atoms with Crippen molar-refractivity contribution in [3.8, 4) is 0 Å². The number of aliphatic carboxylic acids is 1. The van der Waals surface area contributed by atoms with Crippen LogP contribution < -0.4 is 5.32 Å². The van der Waals surface area contributed by atoms with Gasteiger partial charge < -0.3 is 20.1 Å². The lowest BCUT2D eigenvalue weighted by Gasteiger charge is -2.58. The van der Waals surface area contributed by atoms with E-state index in [0.717, 1.165) is 36.8 Å². The van der Waals surface area contributed by atoms with Gasteiger partial charge in [0.2, 0.25) is 11.8 Å². The Bertz CT molecular complexity index is 1550. The van der Waals surface area contributed by atoms with E-state index in [2.05, 4.69) is 31.8 Å². The first-order valence-electron chi connectivity index (χ1n) is 17.4. The highest BCUT2D eigenvalue weighted by Gasteiger charge is 2.64. The Morgan fingerprint density at radius 3 is 2.38 bits per heavy atom. The molecule has 1 aromatic carbocycles. The molecule has 2 saturated heterocycles. The number of nitrogens with zero attached hydrogens (tertiary/aromatic N) is 1. The smallest absolute Gasteiger partial charge is 0.327 e. The van der Waals surface area contributed by atoms with E-state index >= 15 is 0 Å². The average Bonchev–Trinajstić information content (AvgIpc) is 3.47. The summed E-state index contributed by atoms with van der Waals surface area (Å²) in [5.41, 5.74) is 4.85. The van der Waals surface area contributed by atoms with E-state index in [4.69, 9.17) is 4.74 Å². The second-order valence-electron chi connectivity index (χ2n) is 16.1. The number of carbonyl (C=O) groups excluding carboxylic acids is 3. The summed E-state index contributed by atoms with van der Waals surface area (Å²) in [5.74, 6) is 0.141. The van der Waals surface area contributed by atoms with Gasteiger partial charge >= 0.3 is 11.9 Å². The van der Waals surface area contributed by atoms with Gasteiger partial charge in [-0.3, -0.25) is 14.4 Å². The predicted octanol–water partition coefficient (Wildman–Crippen LogP) is 5.83. The van der Waals surface area contributed by atoms with Crippen LogP contribution in [0.25, 0.3) is 0 Å². The zero-order valence-corrected chi connectivity index (χ0v) is 28.9. The zero-order chi connectivity index (χ0) is 33.5. The molecule has 9 atom stereocenters. The SMILES string of the molecule is C=C1C=C2CCC3C(CCC4(C)C(OC(=O)Cc5ccc(CC(=O)NC6C(=O)N7C6SC(C)(C)C7C(=O)O)cc5)CCC34)C2(C)CC1. The molecule has 3 saturated carbocycles. The van der Waals surface area contributed by atoms with E-state index in [-0.39, 0.29) is 47.5 Å². The summed E-state index contributed by atoms with van der Waals surface area (Å²) in [6.07, 6.45) is 11.8. The van der Waals surface area contributed by atoms with Crippen LogP contribution in [0.4, 0.5) is 0 Å². The molecule has 9 heteroatoms. The summed E-state index contributed by atoms with van der Waals surface area (Å²) in [4.78, 5) is 51.9. The van der Waals surface area contributed by atoms with E-state index in [0.29, 0.717) is 23.2 Å². The highest BCUT2D eigenvalue weighted by Crippen LogP contribution is 2.66. The molecule has 2 amide bonds. The molecule has 7 rings (SSSR count). The Kier molecular flexibility index (Phi) is 7.96. The monoisotopic (exact) mass is 660 g/mol. The number of carboxylic acids is 1. The maximum atomic E-state index is 13.2. The number of carbonyl (C=O) groups is 4. The lowest BCUT2D eigenvalue weighted by molar-refractivity contribution is -0.161. The second kappa shape index (κ2) is 11.5. The molecule has 252 valence electrons. The van der Waals surface area contributed by atoms with Crippen LogP contribution in [0.15, 0.2) is 48.1 Å².